The number of imidazole rings is 1. The molecule has 8 nitrogen and oxygen atoms in total. The topological polar surface area (TPSA) is 90.6 Å². The Morgan fingerprint density at radius 3 is 2.89 bits per heavy atom. The summed E-state index contributed by atoms with van der Waals surface area (Å²) in [5.41, 5.74) is 1.06. The molecule has 0 aliphatic heterocycles. The highest BCUT2D eigenvalue weighted by Gasteiger charge is 2.20. The Balaban J connectivity index is 1.84. The zero-order valence-corrected chi connectivity index (χ0v) is 15.4. The first-order valence-corrected chi connectivity index (χ1v) is 8.74. The van der Waals surface area contributed by atoms with Crippen molar-refractivity contribution in [2.45, 2.75) is 26.4 Å². The molecule has 0 amide bonds. The molecule has 1 unspecified atom stereocenters. The van der Waals surface area contributed by atoms with Gasteiger partial charge in [0.1, 0.15) is 23.7 Å². The Kier molecular flexibility index (Phi) is 4.23. The maximum Gasteiger partial charge on any atom is 0.259 e. The second kappa shape index (κ2) is 6.71. The third-order valence-corrected chi connectivity index (χ3v) is 4.70. The van der Waals surface area contributed by atoms with Crippen LogP contribution < -0.4 is 10.3 Å². The van der Waals surface area contributed by atoms with Crippen LogP contribution >= 0.6 is 0 Å². The van der Waals surface area contributed by atoms with E-state index in [1.165, 1.54) is 0 Å². The number of aromatic nitrogens is 6. The van der Waals surface area contributed by atoms with E-state index in [1.807, 2.05) is 53.6 Å². The monoisotopic (exact) mass is 364 g/mol. The van der Waals surface area contributed by atoms with Gasteiger partial charge in [0.05, 0.1) is 18.7 Å². The Morgan fingerprint density at radius 2 is 2.11 bits per heavy atom. The van der Waals surface area contributed by atoms with Crippen LogP contribution in [0.2, 0.25) is 0 Å². The maximum atomic E-state index is 12.7. The van der Waals surface area contributed by atoms with Gasteiger partial charge in [-0.05, 0) is 38.1 Å². The highest BCUT2D eigenvalue weighted by molar-refractivity contribution is 5.83. The lowest BCUT2D eigenvalue weighted by atomic mass is 10.1. The molecule has 0 aliphatic rings. The number of pyridine rings is 1. The van der Waals surface area contributed by atoms with Crippen molar-refractivity contribution in [1.82, 2.24) is 29.3 Å². The number of benzene rings is 1. The van der Waals surface area contributed by atoms with Crippen molar-refractivity contribution in [3.05, 3.63) is 59.2 Å². The Bertz CT molecular complexity index is 1160. The van der Waals surface area contributed by atoms with Crippen molar-refractivity contribution in [3.8, 4) is 17.1 Å². The third kappa shape index (κ3) is 2.88. The van der Waals surface area contributed by atoms with Gasteiger partial charge in [-0.15, -0.1) is 0 Å². The van der Waals surface area contributed by atoms with Crippen LogP contribution in [0, 0.1) is 0 Å². The SMILES string of the molecule is CCn1ncnc1C(C)n1ccnc1-c1cc2cc(OC)ccc2[nH]c1=O. The summed E-state index contributed by atoms with van der Waals surface area (Å²) in [6, 6.07) is 7.26. The first kappa shape index (κ1) is 17.0. The predicted octanol–water partition coefficient (Wildman–Crippen LogP) is 2.62. The summed E-state index contributed by atoms with van der Waals surface area (Å²) in [5.74, 6) is 2.13. The number of ether oxygens (including phenoxy) is 1. The molecule has 138 valence electrons. The van der Waals surface area contributed by atoms with E-state index in [-0.39, 0.29) is 11.6 Å². The highest BCUT2D eigenvalue weighted by Crippen LogP contribution is 2.25. The predicted molar refractivity (Wildman–Crippen MR) is 102 cm³/mol. The first-order valence-electron chi connectivity index (χ1n) is 8.74. The van der Waals surface area contributed by atoms with Crippen molar-refractivity contribution in [3.63, 3.8) is 0 Å². The molecule has 3 heterocycles. The van der Waals surface area contributed by atoms with Crippen LogP contribution in [-0.2, 0) is 6.54 Å². The van der Waals surface area contributed by atoms with E-state index in [4.69, 9.17) is 4.74 Å². The zero-order chi connectivity index (χ0) is 19.0. The minimum Gasteiger partial charge on any atom is -0.497 e. The summed E-state index contributed by atoms with van der Waals surface area (Å²) in [6.45, 7) is 4.75. The van der Waals surface area contributed by atoms with Gasteiger partial charge >= 0.3 is 0 Å². The largest absolute Gasteiger partial charge is 0.497 e. The summed E-state index contributed by atoms with van der Waals surface area (Å²) in [6.07, 6.45) is 5.08. The van der Waals surface area contributed by atoms with E-state index < -0.39 is 0 Å². The van der Waals surface area contributed by atoms with Crippen molar-refractivity contribution in [2.24, 2.45) is 0 Å². The van der Waals surface area contributed by atoms with Gasteiger partial charge in [-0.2, -0.15) is 5.10 Å². The molecular weight excluding hydrogens is 344 g/mol. The number of nitrogens with zero attached hydrogens (tertiary/aromatic N) is 5. The molecule has 4 rings (SSSR count). The lowest BCUT2D eigenvalue weighted by Gasteiger charge is -2.16. The van der Waals surface area contributed by atoms with Crippen LogP contribution in [0.4, 0.5) is 0 Å². The minimum absolute atomic E-state index is 0.120. The second-order valence-corrected chi connectivity index (χ2v) is 6.23. The van der Waals surface area contributed by atoms with Crippen molar-refractivity contribution in [2.75, 3.05) is 7.11 Å². The molecule has 8 heteroatoms. The fraction of sp³-hybridized carbons (Fsp3) is 0.263. The molecule has 0 spiro atoms. The van der Waals surface area contributed by atoms with Gasteiger partial charge < -0.3 is 14.3 Å². The van der Waals surface area contributed by atoms with Crippen molar-refractivity contribution >= 4 is 10.9 Å². The number of H-pyrrole nitrogens is 1. The van der Waals surface area contributed by atoms with Crippen LogP contribution in [0.1, 0.15) is 25.7 Å². The maximum absolute atomic E-state index is 12.7. The molecule has 0 fully saturated rings. The van der Waals surface area contributed by atoms with E-state index in [2.05, 4.69) is 20.1 Å². The van der Waals surface area contributed by atoms with Gasteiger partial charge in [0.25, 0.3) is 5.56 Å². The van der Waals surface area contributed by atoms with Gasteiger partial charge in [0.2, 0.25) is 0 Å². The Labute approximate surface area is 155 Å². The van der Waals surface area contributed by atoms with Crippen molar-refractivity contribution in [1.29, 1.82) is 0 Å². The lowest BCUT2D eigenvalue weighted by molar-refractivity contribution is 0.415. The normalized spacial score (nSPS) is 12.4. The van der Waals surface area contributed by atoms with E-state index >= 15 is 0 Å². The zero-order valence-electron chi connectivity index (χ0n) is 15.4. The number of aryl methyl sites for hydroxylation is 1. The van der Waals surface area contributed by atoms with Gasteiger partial charge in [0.15, 0.2) is 0 Å². The number of rotatable bonds is 5. The molecule has 0 saturated heterocycles. The summed E-state index contributed by atoms with van der Waals surface area (Å²) >= 11 is 0. The number of hydrogen-bond acceptors (Lipinski definition) is 5. The van der Waals surface area contributed by atoms with Crippen LogP contribution in [0.25, 0.3) is 22.3 Å². The van der Waals surface area contributed by atoms with Gasteiger partial charge in [-0.3, -0.25) is 4.79 Å². The number of hydrogen-bond donors (Lipinski definition) is 1. The number of fused-ring (bicyclic) bond motifs is 1. The van der Waals surface area contributed by atoms with E-state index in [0.29, 0.717) is 11.4 Å². The van der Waals surface area contributed by atoms with E-state index in [9.17, 15) is 4.79 Å². The molecular formula is C19H20N6O2. The standard InChI is InChI=1S/C19H20N6O2/c1-4-25-17(21-11-22-25)12(2)24-8-7-20-18(24)15-10-13-9-14(27-3)5-6-16(13)23-19(15)26/h5-12H,4H2,1-3H3,(H,23,26). The Morgan fingerprint density at radius 1 is 1.26 bits per heavy atom. The second-order valence-electron chi connectivity index (χ2n) is 6.23. The van der Waals surface area contributed by atoms with Gasteiger partial charge in [-0.25, -0.2) is 14.6 Å². The smallest absolute Gasteiger partial charge is 0.259 e. The van der Waals surface area contributed by atoms with E-state index in [0.717, 1.165) is 29.0 Å². The average Bonchev–Trinajstić information content (AvgIpc) is 3.35. The van der Waals surface area contributed by atoms with Crippen LogP contribution in [0.15, 0.2) is 47.8 Å². The minimum atomic E-state index is -0.190. The van der Waals surface area contributed by atoms with Crippen LogP contribution in [-0.4, -0.2) is 36.4 Å². The summed E-state index contributed by atoms with van der Waals surface area (Å²) < 4.78 is 9.06. The number of methoxy groups -OCH3 is 1. The number of nitrogens with one attached hydrogen (secondary N) is 1. The van der Waals surface area contributed by atoms with E-state index in [1.54, 1.807) is 19.6 Å². The molecule has 1 N–H and O–H groups in total. The summed E-state index contributed by atoms with van der Waals surface area (Å²) in [7, 11) is 1.62. The van der Waals surface area contributed by atoms with Gasteiger partial charge in [-0.1, -0.05) is 0 Å². The molecule has 0 aliphatic carbocycles. The highest BCUT2D eigenvalue weighted by atomic mass is 16.5. The molecule has 27 heavy (non-hydrogen) atoms. The lowest BCUT2D eigenvalue weighted by Crippen LogP contribution is -2.17. The number of aromatic amines is 1. The van der Waals surface area contributed by atoms with Crippen LogP contribution in [0.3, 0.4) is 0 Å². The average molecular weight is 364 g/mol. The summed E-state index contributed by atoms with van der Waals surface area (Å²) in [5, 5.41) is 5.11. The Hall–Kier alpha value is -3.42. The van der Waals surface area contributed by atoms with Gasteiger partial charge in [0, 0.05) is 29.8 Å². The molecule has 4 aromatic rings. The van der Waals surface area contributed by atoms with Crippen molar-refractivity contribution < 1.29 is 4.74 Å². The molecule has 1 atom stereocenters. The van der Waals surface area contributed by atoms with Crippen LogP contribution in [0.5, 0.6) is 5.75 Å². The molecule has 0 bridgehead atoms. The fourth-order valence-corrected chi connectivity index (χ4v) is 3.28. The quantitative estimate of drug-likeness (QED) is 0.588. The molecule has 1 aromatic carbocycles. The fourth-order valence-electron chi connectivity index (χ4n) is 3.28. The first-order chi connectivity index (χ1) is 13.1. The summed E-state index contributed by atoms with van der Waals surface area (Å²) in [4.78, 5) is 24.4. The molecule has 3 aromatic heterocycles. The third-order valence-electron chi connectivity index (χ3n) is 4.70. The molecule has 0 saturated carbocycles. The molecule has 0 radical (unpaired) electrons.